The summed E-state index contributed by atoms with van der Waals surface area (Å²) in [5.41, 5.74) is 6.09. The Bertz CT molecular complexity index is 811. The molecule has 0 amide bonds. The molecule has 0 fully saturated rings. The van der Waals surface area contributed by atoms with Crippen molar-refractivity contribution in [2.24, 2.45) is 10.1 Å². The lowest BCUT2D eigenvalue weighted by atomic mass is 10.1. The summed E-state index contributed by atoms with van der Waals surface area (Å²) < 4.78 is 5.14. The number of hydrogen-bond acceptors (Lipinski definition) is 5. The topological polar surface area (TPSA) is 46.0 Å². The van der Waals surface area contributed by atoms with Crippen LogP contribution in [-0.2, 0) is 0 Å². The minimum atomic E-state index is 0.668. The van der Waals surface area contributed by atoms with Gasteiger partial charge in [0.05, 0.1) is 12.8 Å². The van der Waals surface area contributed by atoms with Gasteiger partial charge in [-0.2, -0.15) is 0 Å². The smallest absolute Gasteiger partial charge is 0.211 e. The molecular weight excluding hydrogens is 342 g/mol. The third-order valence-corrected chi connectivity index (χ3v) is 4.57. The van der Waals surface area contributed by atoms with Gasteiger partial charge in [-0.1, -0.05) is 35.5 Å². The second kappa shape index (κ2) is 7.55. The van der Waals surface area contributed by atoms with E-state index in [1.807, 2.05) is 55.5 Å². The number of nitrogens with one attached hydrogen (secondary N) is 1. The first-order chi connectivity index (χ1) is 11.7. The molecule has 1 aliphatic heterocycles. The standard InChI is InChI=1S/C18H16ClN3OS/c1-12-17(14-5-7-15(19)8-6-14)21-22-18(24-12)20-11-13-3-9-16(23-2)10-4-13/h3-11,21H,1-2H3/b20-11+. The van der Waals surface area contributed by atoms with Gasteiger partial charge in [0.25, 0.3) is 0 Å². The molecule has 0 aliphatic carbocycles. The molecule has 0 spiro atoms. The predicted molar refractivity (Wildman–Crippen MR) is 103 cm³/mol. The molecule has 1 heterocycles. The minimum Gasteiger partial charge on any atom is -0.497 e. The average molecular weight is 358 g/mol. The fourth-order valence-corrected chi connectivity index (χ4v) is 3.01. The Labute approximate surface area is 150 Å². The Morgan fingerprint density at radius 1 is 1.12 bits per heavy atom. The second-order valence-corrected chi connectivity index (χ2v) is 6.70. The number of ether oxygens (including phenoxy) is 1. The highest BCUT2D eigenvalue weighted by atomic mass is 35.5. The van der Waals surface area contributed by atoms with Crippen LogP contribution in [0.15, 0.2) is 63.5 Å². The number of benzene rings is 2. The number of hydrogen-bond donors (Lipinski definition) is 1. The summed E-state index contributed by atoms with van der Waals surface area (Å²) in [6.45, 7) is 2.04. The molecule has 122 valence electrons. The summed E-state index contributed by atoms with van der Waals surface area (Å²) in [6, 6.07) is 15.4. The molecule has 24 heavy (non-hydrogen) atoms. The molecule has 0 aromatic heterocycles. The molecule has 3 rings (SSSR count). The Morgan fingerprint density at radius 3 is 2.46 bits per heavy atom. The molecule has 0 unspecified atom stereocenters. The van der Waals surface area contributed by atoms with Crippen LogP contribution >= 0.6 is 23.4 Å². The SMILES string of the molecule is COc1ccc(/C=N/C2=NNC(c3ccc(Cl)cc3)=C(C)S2)cc1. The van der Waals surface area contributed by atoms with Crippen LogP contribution in [0.25, 0.3) is 5.70 Å². The number of aliphatic imine (C=N–C) groups is 1. The van der Waals surface area contributed by atoms with Crippen molar-refractivity contribution >= 4 is 40.4 Å². The van der Waals surface area contributed by atoms with Gasteiger partial charge >= 0.3 is 0 Å². The maximum atomic E-state index is 5.93. The number of nitrogens with zero attached hydrogens (tertiary/aromatic N) is 2. The van der Waals surface area contributed by atoms with Crippen molar-refractivity contribution in [2.45, 2.75) is 6.92 Å². The molecule has 2 aromatic rings. The summed E-state index contributed by atoms with van der Waals surface area (Å²) in [7, 11) is 1.65. The van der Waals surface area contributed by atoms with E-state index in [1.165, 1.54) is 11.8 Å². The third-order valence-electron chi connectivity index (χ3n) is 3.43. The molecule has 6 heteroatoms. The number of allylic oxidation sites excluding steroid dienone is 1. The van der Waals surface area contributed by atoms with Crippen LogP contribution in [0.2, 0.25) is 5.02 Å². The van der Waals surface area contributed by atoms with Crippen LogP contribution in [-0.4, -0.2) is 18.5 Å². The maximum absolute atomic E-state index is 5.93. The Balaban J connectivity index is 1.69. The quantitative estimate of drug-likeness (QED) is 0.805. The van der Waals surface area contributed by atoms with E-state index in [0.29, 0.717) is 10.2 Å². The summed E-state index contributed by atoms with van der Waals surface area (Å²) >= 11 is 7.46. The highest BCUT2D eigenvalue weighted by Crippen LogP contribution is 2.30. The second-order valence-electron chi connectivity index (χ2n) is 5.08. The van der Waals surface area contributed by atoms with Gasteiger partial charge in [0, 0.05) is 21.7 Å². The van der Waals surface area contributed by atoms with Crippen LogP contribution in [0, 0.1) is 0 Å². The molecule has 0 atom stereocenters. The van der Waals surface area contributed by atoms with Gasteiger partial charge in [-0.05, 0) is 48.9 Å². The first-order valence-electron chi connectivity index (χ1n) is 7.32. The molecular formula is C18H16ClN3OS. The van der Waals surface area contributed by atoms with Crippen molar-refractivity contribution in [1.29, 1.82) is 0 Å². The molecule has 0 radical (unpaired) electrons. The van der Waals surface area contributed by atoms with Crippen molar-refractivity contribution in [2.75, 3.05) is 7.11 Å². The molecule has 0 saturated heterocycles. The monoisotopic (exact) mass is 357 g/mol. The Morgan fingerprint density at radius 2 is 1.83 bits per heavy atom. The van der Waals surface area contributed by atoms with E-state index >= 15 is 0 Å². The largest absolute Gasteiger partial charge is 0.497 e. The average Bonchev–Trinajstić information content (AvgIpc) is 2.61. The van der Waals surface area contributed by atoms with Gasteiger partial charge < -0.3 is 4.74 Å². The molecule has 1 aliphatic rings. The van der Waals surface area contributed by atoms with E-state index in [2.05, 4.69) is 15.5 Å². The Hall–Kier alpha value is -2.24. The fraction of sp³-hybridized carbons (Fsp3) is 0.111. The van der Waals surface area contributed by atoms with Crippen molar-refractivity contribution in [1.82, 2.24) is 5.43 Å². The first kappa shape index (κ1) is 16.6. The lowest BCUT2D eigenvalue weighted by Crippen LogP contribution is -2.13. The summed E-state index contributed by atoms with van der Waals surface area (Å²) in [6.07, 6.45) is 1.79. The van der Waals surface area contributed by atoms with Crippen LogP contribution in [0.5, 0.6) is 5.75 Å². The number of hydrazone groups is 1. The molecule has 0 saturated carbocycles. The van der Waals surface area contributed by atoms with Crippen molar-refractivity contribution < 1.29 is 4.74 Å². The number of methoxy groups -OCH3 is 1. The van der Waals surface area contributed by atoms with Crippen LogP contribution in [0.4, 0.5) is 0 Å². The van der Waals surface area contributed by atoms with E-state index < -0.39 is 0 Å². The fourth-order valence-electron chi connectivity index (χ4n) is 2.15. The van der Waals surface area contributed by atoms with E-state index in [9.17, 15) is 0 Å². The molecule has 1 N–H and O–H groups in total. The van der Waals surface area contributed by atoms with Gasteiger partial charge in [-0.25, -0.2) is 4.99 Å². The van der Waals surface area contributed by atoms with Gasteiger partial charge in [0.15, 0.2) is 0 Å². The van der Waals surface area contributed by atoms with Gasteiger partial charge in [0.2, 0.25) is 5.17 Å². The lowest BCUT2D eigenvalue weighted by molar-refractivity contribution is 0.415. The summed E-state index contributed by atoms with van der Waals surface area (Å²) in [5.74, 6) is 0.824. The zero-order valence-electron chi connectivity index (χ0n) is 13.3. The van der Waals surface area contributed by atoms with E-state index in [4.69, 9.17) is 16.3 Å². The van der Waals surface area contributed by atoms with Gasteiger partial charge in [0.1, 0.15) is 5.75 Å². The molecule has 0 bridgehead atoms. The van der Waals surface area contributed by atoms with Gasteiger partial charge in [-0.15, -0.1) is 5.10 Å². The van der Waals surface area contributed by atoms with Crippen molar-refractivity contribution in [3.05, 3.63) is 69.6 Å². The van der Waals surface area contributed by atoms with Crippen LogP contribution in [0.1, 0.15) is 18.1 Å². The minimum absolute atomic E-state index is 0.668. The Kier molecular flexibility index (Phi) is 5.23. The third kappa shape index (κ3) is 3.99. The lowest BCUT2D eigenvalue weighted by Gasteiger charge is -2.16. The number of amidine groups is 1. The molecule has 4 nitrogen and oxygen atoms in total. The van der Waals surface area contributed by atoms with E-state index in [-0.39, 0.29) is 0 Å². The van der Waals surface area contributed by atoms with E-state index in [0.717, 1.165) is 27.5 Å². The zero-order chi connectivity index (χ0) is 16.9. The molecule has 2 aromatic carbocycles. The highest BCUT2D eigenvalue weighted by Gasteiger charge is 2.14. The predicted octanol–water partition coefficient (Wildman–Crippen LogP) is 4.76. The van der Waals surface area contributed by atoms with Crippen molar-refractivity contribution in [3.63, 3.8) is 0 Å². The summed E-state index contributed by atoms with van der Waals surface area (Å²) in [5, 5.41) is 5.71. The number of rotatable bonds is 3. The number of halogens is 1. The van der Waals surface area contributed by atoms with Gasteiger partial charge in [-0.3, -0.25) is 5.43 Å². The normalized spacial score (nSPS) is 14.5. The highest BCUT2D eigenvalue weighted by molar-refractivity contribution is 8.17. The van der Waals surface area contributed by atoms with E-state index in [1.54, 1.807) is 13.3 Å². The first-order valence-corrected chi connectivity index (χ1v) is 8.51. The van der Waals surface area contributed by atoms with Crippen LogP contribution in [0.3, 0.4) is 0 Å². The zero-order valence-corrected chi connectivity index (χ0v) is 14.9. The maximum Gasteiger partial charge on any atom is 0.211 e. The van der Waals surface area contributed by atoms with Crippen LogP contribution < -0.4 is 10.2 Å². The van der Waals surface area contributed by atoms with Crippen molar-refractivity contribution in [3.8, 4) is 5.75 Å². The summed E-state index contributed by atoms with van der Waals surface area (Å²) in [4.78, 5) is 5.54. The number of thioether (sulfide) groups is 1.